The van der Waals surface area contributed by atoms with Gasteiger partial charge in [-0.2, -0.15) is 5.10 Å². The molecule has 2 aromatic heterocycles. The van der Waals surface area contributed by atoms with E-state index in [4.69, 9.17) is 4.74 Å². The second kappa shape index (κ2) is 9.55. The van der Waals surface area contributed by atoms with E-state index in [1.165, 1.54) is 6.20 Å². The molecule has 31 heavy (non-hydrogen) atoms. The molecule has 162 valence electrons. The van der Waals surface area contributed by atoms with Crippen molar-refractivity contribution < 1.29 is 14.3 Å². The first-order chi connectivity index (χ1) is 14.8. The average molecular weight is 421 g/mol. The fourth-order valence-corrected chi connectivity index (χ4v) is 3.27. The van der Waals surface area contributed by atoms with Crippen molar-refractivity contribution in [2.24, 2.45) is 0 Å². The number of aryl methyl sites for hydroxylation is 2. The van der Waals surface area contributed by atoms with Crippen LogP contribution in [0.3, 0.4) is 0 Å². The van der Waals surface area contributed by atoms with E-state index in [2.05, 4.69) is 29.2 Å². The third-order valence-corrected chi connectivity index (χ3v) is 5.23. The highest BCUT2D eigenvalue weighted by molar-refractivity contribution is 5.97. The van der Waals surface area contributed by atoms with Crippen molar-refractivity contribution in [3.63, 3.8) is 0 Å². The Kier molecular flexibility index (Phi) is 6.84. The lowest BCUT2D eigenvalue weighted by molar-refractivity contribution is -0.123. The molecule has 0 aliphatic rings. The molecule has 1 N–H and O–H groups in total. The van der Waals surface area contributed by atoms with Gasteiger partial charge in [0.1, 0.15) is 0 Å². The molecule has 0 saturated heterocycles. The van der Waals surface area contributed by atoms with E-state index in [1.807, 2.05) is 44.2 Å². The van der Waals surface area contributed by atoms with Crippen molar-refractivity contribution in [1.29, 1.82) is 0 Å². The molecule has 0 aliphatic carbocycles. The summed E-state index contributed by atoms with van der Waals surface area (Å²) in [4.78, 5) is 29.4. The zero-order valence-corrected chi connectivity index (χ0v) is 18.5. The van der Waals surface area contributed by atoms with Gasteiger partial charge in [0.15, 0.2) is 11.9 Å². The Morgan fingerprint density at radius 3 is 2.48 bits per heavy atom. The van der Waals surface area contributed by atoms with E-state index in [0.29, 0.717) is 11.7 Å². The number of benzene rings is 1. The highest BCUT2D eigenvalue weighted by Gasteiger charge is 2.21. The summed E-state index contributed by atoms with van der Waals surface area (Å²) >= 11 is 0. The van der Waals surface area contributed by atoms with Crippen molar-refractivity contribution in [3.05, 3.63) is 71.2 Å². The van der Waals surface area contributed by atoms with Crippen LogP contribution < -0.4 is 5.32 Å². The van der Waals surface area contributed by atoms with Crippen LogP contribution in [0.5, 0.6) is 0 Å². The predicted octanol–water partition coefficient (Wildman–Crippen LogP) is 4.58. The lowest BCUT2D eigenvalue weighted by atomic mass is 9.97. The minimum atomic E-state index is -0.951. The second-order valence-corrected chi connectivity index (χ2v) is 7.68. The topological polar surface area (TPSA) is 86.1 Å². The van der Waals surface area contributed by atoms with E-state index >= 15 is 0 Å². The quantitative estimate of drug-likeness (QED) is 0.565. The van der Waals surface area contributed by atoms with E-state index < -0.39 is 12.1 Å². The van der Waals surface area contributed by atoms with Crippen LogP contribution in [0, 0.1) is 13.8 Å². The Hall–Kier alpha value is -3.48. The Balaban J connectivity index is 1.65. The van der Waals surface area contributed by atoms with Gasteiger partial charge in [0.05, 0.1) is 11.3 Å². The number of pyridine rings is 1. The van der Waals surface area contributed by atoms with Crippen LogP contribution in [-0.2, 0) is 9.53 Å². The van der Waals surface area contributed by atoms with Crippen molar-refractivity contribution >= 4 is 17.6 Å². The molecule has 2 unspecified atom stereocenters. The highest BCUT2D eigenvalue weighted by atomic mass is 16.5. The molecule has 0 saturated carbocycles. The maximum Gasteiger partial charge on any atom is 0.340 e. The summed E-state index contributed by atoms with van der Waals surface area (Å²) < 4.78 is 7.06. The molecule has 0 aliphatic heterocycles. The number of para-hydroxylation sites is 1. The molecular weight excluding hydrogens is 392 g/mol. The number of hydrogen-bond donors (Lipinski definition) is 1. The van der Waals surface area contributed by atoms with Gasteiger partial charge in [0.2, 0.25) is 0 Å². The first-order valence-corrected chi connectivity index (χ1v) is 10.4. The Bertz CT molecular complexity index is 1070. The van der Waals surface area contributed by atoms with Gasteiger partial charge in [-0.15, -0.1) is 0 Å². The van der Waals surface area contributed by atoms with Crippen LogP contribution in [-0.4, -0.2) is 32.7 Å². The number of amides is 1. The second-order valence-electron chi connectivity index (χ2n) is 7.68. The number of hydrogen-bond acceptors (Lipinski definition) is 5. The molecule has 1 aromatic carbocycles. The molecule has 0 fully saturated rings. The zero-order valence-electron chi connectivity index (χ0n) is 18.5. The zero-order chi connectivity index (χ0) is 22.5. The van der Waals surface area contributed by atoms with Crippen molar-refractivity contribution in [3.8, 4) is 5.82 Å². The number of anilines is 1. The van der Waals surface area contributed by atoms with Crippen molar-refractivity contribution in [2.45, 2.75) is 53.1 Å². The van der Waals surface area contributed by atoms with Gasteiger partial charge in [-0.05, 0) is 62.9 Å². The van der Waals surface area contributed by atoms with Crippen LogP contribution in [0.2, 0.25) is 0 Å². The SMILES string of the molecule is CCC(C)c1ccccc1NC(=O)C(C)OC(=O)c1ccc(-n2nc(C)cc2C)nc1. The van der Waals surface area contributed by atoms with Gasteiger partial charge in [0.25, 0.3) is 5.91 Å². The summed E-state index contributed by atoms with van der Waals surface area (Å²) in [7, 11) is 0. The number of nitrogens with zero attached hydrogens (tertiary/aromatic N) is 3. The molecule has 7 nitrogen and oxygen atoms in total. The van der Waals surface area contributed by atoms with Crippen LogP contribution in [0.15, 0.2) is 48.7 Å². The molecule has 7 heteroatoms. The lowest BCUT2D eigenvalue weighted by Crippen LogP contribution is -2.30. The van der Waals surface area contributed by atoms with Crippen LogP contribution in [0.4, 0.5) is 5.69 Å². The molecule has 0 bridgehead atoms. The number of aromatic nitrogens is 3. The van der Waals surface area contributed by atoms with Gasteiger partial charge in [0, 0.05) is 17.6 Å². The molecule has 0 radical (unpaired) electrons. The summed E-state index contributed by atoms with van der Waals surface area (Å²) in [5.74, 6) is -0.0719. The number of esters is 1. The standard InChI is InChI=1S/C24H28N4O3/c1-6-15(2)20-9-7-8-10-21(20)26-23(29)18(5)31-24(30)19-11-12-22(25-14-19)28-17(4)13-16(3)27-28/h7-15,18H,6H2,1-5H3,(H,26,29). The number of carbonyl (C=O) groups is 2. The minimum Gasteiger partial charge on any atom is -0.449 e. The van der Waals surface area contributed by atoms with Crippen molar-refractivity contribution in [2.75, 3.05) is 5.32 Å². The molecule has 3 aromatic rings. The summed E-state index contributed by atoms with van der Waals surface area (Å²) in [6, 6.07) is 12.9. The molecule has 2 atom stereocenters. The van der Waals surface area contributed by atoms with Gasteiger partial charge in [-0.25, -0.2) is 14.5 Å². The monoisotopic (exact) mass is 420 g/mol. The summed E-state index contributed by atoms with van der Waals surface area (Å²) in [5.41, 5.74) is 3.90. The third kappa shape index (κ3) is 5.17. The molecule has 1 amide bonds. The maximum absolute atomic E-state index is 12.6. The van der Waals surface area contributed by atoms with E-state index in [-0.39, 0.29) is 11.5 Å². The Morgan fingerprint density at radius 2 is 1.87 bits per heavy atom. The summed E-state index contributed by atoms with van der Waals surface area (Å²) in [5, 5.41) is 7.26. The average Bonchev–Trinajstić information content (AvgIpc) is 3.11. The normalized spacial score (nSPS) is 12.8. The van der Waals surface area contributed by atoms with E-state index in [1.54, 1.807) is 23.7 Å². The van der Waals surface area contributed by atoms with Gasteiger partial charge in [-0.1, -0.05) is 32.0 Å². The Labute approximate surface area is 182 Å². The number of ether oxygens (including phenoxy) is 1. The smallest absolute Gasteiger partial charge is 0.340 e. The van der Waals surface area contributed by atoms with Gasteiger partial charge < -0.3 is 10.1 Å². The first kappa shape index (κ1) is 22.2. The predicted molar refractivity (Wildman–Crippen MR) is 119 cm³/mol. The fraction of sp³-hybridized carbons (Fsp3) is 0.333. The van der Waals surface area contributed by atoms with E-state index in [9.17, 15) is 9.59 Å². The molecule has 2 heterocycles. The largest absolute Gasteiger partial charge is 0.449 e. The third-order valence-electron chi connectivity index (χ3n) is 5.23. The summed E-state index contributed by atoms with van der Waals surface area (Å²) in [6.07, 6.45) is 1.43. The minimum absolute atomic E-state index is 0.268. The van der Waals surface area contributed by atoms with Crippen LogP contribution >= 0.6 is 0 Å². The van der Waals surface area contributed by atoms with Crippen molar-refractivity contribution in [1.82, 2.24) is 14.8 Å². The number of rotatable bonds is 7. The lowest BCUT2D eigenvalue weighted by Gasteiger charge is -2.18. The number of carbonyl (C=O) groups excluding carboxylic acids is 2. The maximum atomic E-state index is 12.6. The highest BCUT2D eigenvalue weighted by Crippen LogP contribution is 2.26. The number of nitrogens with one attached hydrogen (secondary N) is 1. The molecule has 3 rings (SSSR count). The van der Waals surface area contributed by atoms with E-state index in [0.717, 1.165) is 29.1 Å². The van der Waals surface area contributed by atoms with Crippen LogP contribution in [0.25, 0.3) is 5.82 Å². The molecular formula is C24H28N4O3. The van der Waals surface area contributed by atoms with Gasteiger partial charge >= 0.3 is 5.97 Å². The summed E-state index contributed by atoms with van der Waals surface area (Å²) in [6.45, 7) is 9.60. The fourth-order valence-electron chi connectivity index (χ4n) is 3.27. The van der Waals surface area contributed by atoms with Crippen LogP contribution in [0.1, 0.15) is 60.4 Å². The molecule has 0 spiro atoms. The first-order valence-electron chi connectivity index (χ1n) is 10.4. The van der Waals surface area contributed by atoms with Gasteiger partial charge in [-0.3, -0.25) is 4.79 Å². The Morgan fingerprint density at radius 1 is 1.13 bits per heavy atom.